The van der Waals surface area contributed by atoms with Crippen molar-refractivity contribution in [2.24, 2.45) is 0 Å². The Labute approximate surface area is 151 Å². The van der Waals surface area contributed by atoms with Gasteiger partial charge in [0.15, 0.2) is 5.78 Å². The SMILES string of the molecule is O=C(CSc1nnc(-c2ccccc2F)o1)c1ccc(Cl)cc1Cl. The molecule has 24 heavy (non-hydrogen) atoms. The highest BCUT2D eigenvalue weighted by molar-refractivity contribution is 7.99. The third-order valence-corrected chi connectivity index (χ3v) is 4.44. The lowest BCUT2D eigenvalue weighted by atomic mass is 10.1. The average molecular weight is 383 g/mol. The maximum atomic E-state index is 13.7. The quantitative estimate of drug-likeness (QED) is 0.450. The molecule has 0 saturated carbocycles. The minimum Gasteiger partial charge on any atom is -0.411 e. The van der Waals surface area contributed by atoms with Gasteiger partial charge in [0.1, 0.15) is 5.82 Å². The molecule has 1 aromatic heterocycles. The van der Waals surface area contributed by atoms with E-state index in [0.29, 0.717) is 10.6 Å². The summed E-state index contributed by atoms with van der Waals surface area (Å²) >= 11 is 12.9. The Kier molecular flexibility index (Phi) is 5.18. The number of halogens is 3. The lowest BCUT2D eigenvalue weighted by molar-refractivity contribution is 0.102. The van der Waals surface area contributed by atoms with Crippen LogP contribution in [0.4, 0.5) is 4.39 Å². The molecule has 0 aliphatic carbocycles. The molecule has 0 aliphatic rings. The second kappa shape index (κ2) is 7.34. The number of hydrogen-bond donors (Lipinski definition) is 0. The van der Waals surface area contributed by atoms with Gasteiger partial charge in [0, 0.05) is 10.6 Å². The van der Waals surface area contributed by atoms with Crippen molar-refractivity contribution in [1.29, 1.82) is 0 Å². The van der Waals surface area contributed by atoms with Crippen LogP contribution in [0.5, 0.6) is 0 Å². The van der Waals surface area contributed by atoms with Crippen molar-refractivity contribution in [2.75, 3.05) is 5.75 Å². The number of rotatable bonds is 5. The maximum Gasteiger partial charge on any atom is 0.277 e. The summed E-state index contributed by atoms with van der Waals surface area (Å²) in [6.45, 7) is 0. The number of benzene rings is 2. The number of carbonyl (C=O) groups is 1. The highest BCUT2D eigenvalue weighted by Gasteiger charge is 2.16. The molecule has 3 aromatic rings. The Balaban J connectivity index is 1.69. The first-order chi connectivity index (χ1) is 11.5. The molecular weight excluding hydrogens is 374 g/mol. The molecule has 8 heteroatoms. The van der Waals surface area contributed by atoms with Crippen LogP contribution in [0, 0.1) is 5.82 Å². The molecule has 4 nitrogen and oxygen atoms in total. The summed E-state index contributed by atoms with van der Waals surface area (Å²) in [7, 11) is 0. The molecule has 0 radical (unpaired) electrons. The van der Waals surface area contributed by atoms with E-state index in [1.807, 2.05) is 0 Å². The van der Waals surface area contributed by atoms with Crippen LogP contribution in [-0.2, 0) is 0 Å². The summed E-state index contributed by atoms with van der Waals surface area (Å²) in [6, 6.07) is 10.7. The molecule has 2 aromatic carbocycles. The van der Waals surface area contributed by atoms with Gasteiger partial charge in [0.05, 0.1) is 16.3 Å². The van der Waals surface area contributed by atoms with Crippen LogP contribution in [0.25, 0.3) is 11.5 Å². The van der Waals surface area contributed by atoms with Crippen molar-refractivity contribution in [3.63, 3.8) is 0 Å². The van der Waals surface area contributed by atoms with Gasteiger partial charge in [-0.3, -0.25) is 4.79 Å². The second-order valence-electron chi connectivity index (χ2n) is 4.69. The van der Waals surface area contributed by atoms with Crippen LogP contribution in [0.2, 0.25) is 10.0 Å². The van der Waals surface area contributed by atoms with Crippen LogP contribution < -0.4 is 0 Å². The average Bonchev–Trinajstić information content (AvgIpc) is 3.02. The van der Waals surface area contributed by atoms with Crippen molar-refractivity contribution in [3.8, 4) is 11.5 Å². The van der Waals surface area contributed by atoms with Crippen LogP contribution in [0.3, 0.4) is 0 Å². The molecule has 0 spiro atoms. The van der Waals surface area contributed by atoms with Gasteiger partial charge >= 0.3 is 0 Å². The molecule has 0 aliphatic heterocycles. The molecule has 0 unspecified atom stereocenters. The molecule has 0 saturated heterocycles. The van der Waals surface area contributed by atoms with Gasteiger partial charge in [-0.1, -0.05) is 47.1 Å². The largest absolute Gasteiger partial charge is 0.411 e. The third-order valence-electron chi connectivity index (χ3n) is 3.07. The van der Waals surface area contributed by atoms with E-state index in [4.69, 9.17) is 27.6 Å². The van der Waals surface area contributed by atoms with Crippen LogP contribution >= 0.6 is 35.0 Å². The van der Waals surface area contributed by atoms with Crippen LogP contribution in [0.15, 0.2) is 52.1 Å². The van der Waals surface area contributed by atoms with Gasteiger partial charge in [-0.25, -0.2) is 4.39 Å². The predicted octanol–water partition coefficient (Wildman–Crippen LogP) is 5.16. The minimum atomic E-state index is -0.457. The predicted molar refractivity (Wildman–Crippen MR) is 91.2 cm³/mol. The molecule has 1 heterocycles. The summed E-state index contributed by atoms with van der Waals surface area (Å²) in [5, 5.41) is 8.51. The number of hydrogen-bond acceptors (Lipinski definition) is 5. The standard InChI is InChI=1S/C16H9Cl2FN2O2S/c17-9-5-6-10(12(18)7-9)14(22)8-24-16-21-20-15(23-16)11-3-1-2-4-13(11)19/h1-7H,8H2. The first kappa shape index (κ1) is 17.0. The Morgan fingerprint density at radius 2 is 1.96 bits per heavy atom. The molecular formula is C16H9Cl2FN2O2S. The summed E-state index contributed by atoms with van der Waals surface area (Å²) in [5.74, 6) is -0.540. The molecule has 122 valence electrons. The van der Waals surface area contributed by atoms with Crippen LogP contribution in [0.1, 0.15) is 10.4 Å². The van der Waals surface area contributed by atoms with Crippen molar-refractivity contribution in [1.82, 2.24) is 10.2 Å². The van der Waals surface area contributed by atoms with Crippen LogP contribution in [-0.4, -0.2) is 21.7 Å². The third kappa shape index (κ3) is 3.77. The first-order valence-corrected chi connectivity index (χ1v) is 8.48. The van der Waals surface area contributed by atoms with E-state index in [9.17, 15) is 9.18 Å². The zero-order valence-corrected chi connectivity index (χ0v) is 14.3. The van der Waals surface area contributed by atoms with E-state index < -0.39 is 5.82 Å². The van der Waals surface area contributed by atoms with Gasteiger partial charge in [-0.05, 0) is 30.3 Å². The highest BCUT2D eigenvalue weighted by Crippen LogP contribution is 2.27. The Morgan fingerprint density at radius 1 is 1.17 bits per heavy atom. The number of thioether (sulfide) groups is 1. The topological polar surface area (TPSA) is 56.0 Å². The maximum absolute atomic E-state index is 13.7. The normalized spacial score (nSPS) is 10.8. The minimum absolute atomic E-state index is 0.0558. The fourth-order valence-electron chi connectivity index (χ4n) is 1.93. The molecule has 3 rings (SSSR count). The summed E-state index contributed by atoms with van der Waals surface area (Å²) in [5.41, 5.74) is 0.575. The fraction of sp³-hybridized carbons (Fsp3) is 0.0625. The van der Waals surface area contributed by atoms with E-state index >= 15 is 0 Å². The second-order valence-corrected chi connectivity index (χ2v) is 6.46. The highest BCUT2D eigenvalue weighted by atomic mass is 35.5. The van der Waals surface area contributed by atoms with E-state index in [2.05, 4.69) is 10.2 Å². The van der Waals surface area contributed by atoms with Gasteiger partial charge < -0.3 is 4.42 Å². The van der Waals surface area contributed by atoms with Gasteiger partial charge in [-0.2, -0.15) is 0 Å². The van der Waals surface area contributed by atoms with Crippen molar-refractivity contribution < 1.29 is 13.6 Å². The summed E-state index contributed by atoms with van der Waals surface area (Å²) < 4.78 is 19.1. The van der Waals surface area contributed by atoms with E-state index in [-0.39, 0.29) is 33.2 Å². The monoisotopic (exact) mass is 382 g/mol. The lowest BCUT2D eigenvalue weighted by Crippen LogP contribution is -2.03. The van der Waals surface area contributed by atoms with E-state index in [1.165, 1.54) is 18.2 Å². The molecule has 0 fully saturated rings. The van der Waals surface area contributed by atoms with Gasteiger partial charge in [0.2, 0.25) is 0 Å². The molecule has 0 amide bonds. The number of ketones is 1. The Morgan fingerprint density at radius 3 is 2.71 bits per heavy atom. The van der Waals surface area contributed by atoms with Crippen molar-refractivity contribution in [3.05, 3.63) is 63.9 Å². The zero-order chi connectivity index (χ0) is 17.1. The zero-order valence-electron chi connectivity index (χ0n) is 12.0. The van der Waals surface area contributed by atoms with Crippen molar-refractivity contribution in [2.45, 2.75) is 5.22 Å². The summed E-state index contributed by atoms with van der Waals surface area (Å²) in [4.78, 5) is 12.2. The smallest absolute Gasteiger partial charge is 0.277 e. The number of carbonyl (C=O) groups excluding carboxylic acids is 1. The number of nitrogens with zero attached hydrogens (tertiary/aromatic N) is 2. The lowest BCUT2D eigenvalue weighted by Gasteiger charge is -2.02. The molecule has 0 bridgehead atoms. The molecule has 0 atom stereocenters. The van der Waals surface area contributed by atoms with Gasteiger partial charge in [-0.15, -0.1) is 10.2 Å². The summed E-state index contributed by atoms with van der Waals surface area (Å²) in [6.07, 6.45) is 0. The first-order valence-electron chi connectivity index (χ1n) is 6.74. The Bertz CT molecular complexity index is 901. The fourth-order valence-corrected chi connectivity index (χ4v) is 3.09. The van der Waals surface area contributed by atoms with Gasteiger partial charge in [0.25, 0.3) is 11.1 Å². The Hall–Kier alpha value is -1.89. The molecule has 0 N–H and O–H groups in total. The van der Waals surface area contributed by atoms with E-state index in [0.717, 1.165) is 11.8 Å². The number of Topliss-reactive ketones (excluding diaryl/α,β-unsaturated/α-hetero) is 1. The van der Waals surface area contributed by atoms with E-state index in [1.54, 1.807) is 24.3 Å². The number of aromatic nitrogens is 2. The van der Waals surface area contributed by atoms with Crippen molar-refractivity contribution >= 4 is 40.7 Å².